The second-order valence-electron chi connectivity index (χ2n) is 3.81. The van der Waals surface area contributed by atoms with E-state index in [4.69, 9.17) is 0 Å². The van der Waals surface area contributed by atoms with Crippen molar-refractivity contribution in [2.45, 2.75) is 13.0 Å². The summed E-state index contributed by atoms with van der Waals surface area (Å²) in [4.78, 5) is 38.1. The van der Waals surface area contributed by atoms with Crippen LogP contribution in [-0.4, -0.2) is 35.4 Å². The Morgan fingerprint density at radius 3 is 2.89 bits per heavy atom. The van der Waals surface area contributed by atoms with E-state index in [1.54, 1.807) is 6.92 Å². The second kappa shape index (κ2) is 5.36. The molecular weight excluding hydrogens is 252 g/mol. The first-order valence-electron chi connectivity index (χ1n) is 5.39. The molecule has 0 fully saturated rings. The van der Waals surface area contributed by atoms with E-state index in [0.717, 1.165) is 12.2 Å². The van der Waals surface area contributed by atoms with Crippen LogP contribution in [0, 0.1) is 0 Å². The van der Waals surface area contributed by atoms with Gasteiger partial charge >= 0.3 is 0 Å². The third-order valence-corrected chi connectivity index (χ3v) is 2.36. The van der Waals surface area contributed by atoms with E-state index in [-0.39, 0.29) is 11.8 Å². The lowest BCUT2D eigenvalue weighted by atomic mass is 10.1. The number of oxime groups is 1. The number of hydroxylamine groups is 1. The van der Waals surface area contributed by atoms with Crippen molar-refractivity contribution >= 4 is 29.4 Å². The second-order valence-corrected chi connectivity index (χ2v) is 3.81. The Balaban J connectivity index is 1.93. The van der Waals surface area contributed by atoms with E-state index < -0.39 is 17.5 Å². The summed E-state index contributed by atoms with van der Waals surface area (Å²) in [6.45, 7) is 1.70. The van der Waals surface area contributed by atoms with E-state index >= 15 is 0 Å². The maximum atomic E-state index is 11.6. The van der Waals surface area contributed by atoms with E-state index in [1.807, 2.05) is 0 Å². The zero-order chi connectivity index (χ0) is 13.8. The van der Waals surface area contributed by atoms with Gasteiger partial charge in [-0.1, -0.05) is 5.16 Å². The number of nitrogens with one attached hydrogen (secondary N) is 2. The van der Waals surface area contributed by atoms with Gasteiger partial charge in [0.2, 0.25) is 11.6 Å². The van der Waals surface area contributed by atoms with Crippen molar-refractivity contribution in [2.24, 2.45) is 10.3 Å². The highest BCUT2D eigenvalue weighted by atomic mass is 16.8. The number of amides is 1. The van der Waals surface area contributed by atoms with Gasteiger partial charge in [-0.05, 0) is 30.7 Å². The minimum absolute atomic E-state index is 0.163. The molecule has 1 atom stereocenters. The quantitative estimate of drug-likeness (QED) is 0.293. The van der Waals surface area contributed by atoms with Crippen molar-refractivity contribution in [2.75, 3.05) is 0 Å². The van der Waals surface area contributed by atoms with Gasteiger partial charge in [0.05, 0.1) is 12.3 Å². The van der Waals surface area contributed by atoms with Crippen LogP contribution in [0.1, 0.15) is 6.92 Å². The molecule has 0 aromatic heterocycles. The molecule has 0 saturated heterocycles. The summed E-state index contributed by atoms with van der Waals surface area (Å²) in [5.74, 6) is -1.73. The molecule has 1 heterocycles. The first-order valence-corrected chi connectivity index (χ1v) is 5.39. The molecular formula is C11H10N4O4. The highest BCUT2D eigenvalue weighted by Gasteiger charge is 2.24. The van der Waals surface area contributed by atoms with Gasteiger partial charge in [-0.25, -0.2) is 5.43 Å². The van der Waals surface area contributed by atoms with Gasteiger partial charge in [-0.3, -0.25) is 19.3 Å². The number of hydrazone groups is 1. The highest BCUT2D eigenvalue weighted by Crippen LogP contribution is 2.02. The number of carbonyl (C=O) groups excluding carboxylic acids is 3. The van der Waals surface area contributed by atoms with Crippen LogP contribution < -0.4 is 10.9 Å². The summed E-state index contributed by atoms with van der Waals surface area (Å²) in [5, 5.41) is 7.16. The number of hydrogen-bond donors (Lipinski definition) is 2. The average molecular weight is 262 g/mol. The number of allylic oxidation sites excluding steroid dienone is 4. The van der Waals surface area contributed by atoms with Crippen LogP contribution in [0.4, 0.5) is 0 Å². The first-order chi connectivity index (χ1) is 9.08. The van der Waals surface area contributed by atoms with E-state index in [9.17, 15) is 14.4 Å². The summed E-state index contributed by atoms with van der Waals surface area (Å²) >= 11 is 0. The SMILES string of the molecule is CC1NON=C1C(=O)N/N=C/C1=CC(=O)C(=O)C=C1. The molecule has 0 spiro atoms. The summed E-state index contributed by atoms with van der Waals surface area (Å²) in [7, 11) is 0. The molecule has 1 amide bonds. The molecule has 19 heavy (non-hydrogen) atoms. The van der Waals surface area contributed by atoms with Crippen molar-refractivity contribution in [1.29, 1.82) is 0 Å². The van der Waals surface area contributed by atoms with Crippen LogP contribution in [0.5, 0.6) is 0 Å². The lowest BCUT2D eigenvalue weighted by Gasteiger charge is -2.02. The highest BCUT2D eigenvalue weighted by molar-refractivity contribution is 6.47. The molecule has 1 aliphatic heterocycles. The van der Waals surface area contributed by atoms with E-state index in [1.165, 1.54) is 12.3 Å². The maximum absolute atomic E-state index is 11.6. The summed E-state index contributed by atoms with van der Waals surface area (Å²) < 4.78 is 0. The Morgan fingerprint density at radius 2 is 2.26 bits per heavy atom. The van der Waals surface area contributed by atoms with E-state index in [2.05, 4.69) is 26.1 Å². The topological polar surface area (TPSA) is 109 Å². The molecule has 0 saturated carbocycles. The zero-order valence-electron chi connectivity index (χ0n) is 9.91. The number of carbonyl (C=O) groups is 3. The van der Waals surface area contributed by atoms with Crippen molar-refractivity contribution in [1.82, 2.24) is 10.9 Å². The Morgan fingerprint density at radius 1 is 1.47 bits per heavy atom. The first kappa shape index (κ1) is 12.8. The van der Waals surface area contributed by atoms with Crippen LogP contribution in [0.15, 0.2) is 34.1 Å². The van der Waals surface area contributed by atoms with Crippen LogP contribution in [0.2, 0.25) is 0 Å². The fraction of sp³-hybridized carbons (Fsp3) is 0.182. The fourth-order valence-electron chi connectivity index (χ4n) is 1.36. The molecule has 1 unspecified atom stereocenters. The normalized spacial score (nSPS) is 22.3. The molecule has 1 aliphatic carbocycles. The average Bonchev–Trinajstić information content (AvgIpc) is 2.80. The van der Waals surface area contributed by atoms with Gasteiger partial charge in [0, 0.05) is 0 Å². The van der Waals surface area contributed by atoms with Gasteiger partial charge in [-0.2, -0.15) is 5.10 Å². The molecule has 8 heteroatoms. The molecule has 2 N–H and O–H groups in total. The number of nitrogens with zero attached hydrogens (tertiary/aromatic N) is 2. The van der Waals surface area contributed by atoms with Gasteiger partial charge in [0.15, 0.2) is 5.71 Å². The van der Waals surface area contributed by atoms with E-state index in [0.29, 0.717) is 5.57 Å². The molecule has 0 radical (unpaired) electrons. The van der Waals surface area contributed by atoms with Crippen molar-refractivity contribution in [3.63, 3.8) is 0 Å². The van der Waals surface area contributed by atoms with Crippen LogP contribution >= 0.6 is 0 Å². The molecule has 8 nitrogen and oxygen atoms in total. The van der Waals surface area contributed by atoms with Crippen molar-refractivity contribution in [3.05, 3.63) is 23.8 Å². The number of hydrogen-bond acceptors (Lipinski definition) is 7. The molecule has 2 aliphatic rings. The third-order valence-electron chi connectivity index (χ3n) is 2.36. The summed E-state index contributed by atoms with van der Waals surface area (Å²) in [5.41, 5.74) is 5.30. The largest absolute Gasteiger partial charge is 0.299 e. The standard InChI is InChI=1S/C11H10N4O4/c1-6-10(15-19-14-6)11(18)13-12-5-7-2-3-8(16)9(17)4-7/h2-6,14H,1H3,(H,13,18)/b12-5+. The summed E-state index contributed by atoms with van der Waals surface area (Å²) in [6, 6.07) is -0.330. The molecule has 0 aromatic carbocycles. The van der Waals surface area contributed by atoms with Gasteiger partial charge in [0.25, 0.3) is 5.91 Å². The minimum Gasteiger partial charge on any atom is -0.299 e. The van der Waals surface area contributed by atoms with Gasteiger partial charge in [-0.15, -0.1) is 5.48 Å². The Bertz CT molecular complexity index is 559. The van der Waals surface area contributed by atoms with Crippen LogP contribution in [-0.2, 0) is 19.3 Å². The molecule has 0 bridgehead atoms. The maximum Gasteiger partial charge on any atom is 0.291 e. The van der Waals surface area contributed by atoms with Gasteiger partial charge in [0.1, 0.15) is 0 Å². The monoisotopic (exact) mass is 262 g/mol. The lowest BCUT2D eigenvalue weighted by molar-refractivity contribution is -0.131. The van der Waals surface area contributed by atoms with Crippen molar-refractivity contribution < 1.29 is 19.3 Å². The zero-order valence-corrected chi connectivity index (χ0v) is 9.91. The summed E-state index contributed by atoms with van der Waals surface area (Å²) in [6.07, 6.45) is 4.97. The van der Waals surface area contributed by atoms with Crippen LogP contribution in [0.25, 0.3) is 0 Å². The smallest absolute Gasteiger partial charge is 0.291 e. The van der Waals surface area contributed by atoms with Gasteiger partial charge < -0.3 is 0 Å². The Kier molecular flexibility index (Phi) is 3.62. The predicted molar refractivity (Wildman–Crippen MR) is 65.0 cm³/mol. The van der Waals surface area contributed by atoms with Crippen molar-refractivity contribution in [3.8, 4) is 0 Å². The Labute approximate surface area is 107 Å². The molecule has 98 valence electrons. The predicted octanol–water partition coefficient (Wildman–Crippen LogP) is -0.998. The number of rotatable bonds is 3. The molecule has 0 aromatic rings. The third kappa shape index (κ3) is 2.99. The fourth-order valence-corrected chi connectivity index (χ4v) is 1.36. The minimum atomic E-state index is -0.623. The Hall–Kier alpha value is -2.61. The van der Waals surface area contributed by atoms with Crippen LogP contribution in [0.3, 0.4) is 0 Å². The lowest BCUT2D eigenvalue weighted by Crippen LogP contribution is -2.36. The number of ketones is 2. The molecule has 2 rings (SSSR count).